The molecular formula is C21H21ClO4S. The molecule has 0 spiro atoms. The quantitative estimate of drug-likeness (QED) is 0.539. The van der Waals surface area contributed by atoms with E-state index in [4.69, 9.17) is 16.0 Å². The molecule has 0 saturated heterocycles. The summed E-state index contributed by atoms with van der Waals surface area (Å²) in [7, 11) is -3.58. The molecule has 0 aliphatic heterocycles. The molecule has 0 atom stereocenters. The number of aryl methyl sites for hydroxylation is 4. The molecule has 4 nitrogen and oxygen atoms in total. The van der Waals surface area contributed by atoms with Gasteiger partial charge in [0.25, 0.3) is 0 Å². The number of ketones is 1. The maximum absolute atomic E-state index is 13.1. The number of furan rings is 1. The van der Waals surface area contributed by atoms with Gasteiger partial charge in [0.1, 0.15) is 5.76 Å². The zero-order valence-electron chi connectivity index (χ0n) is 15.9. The van der Waals surface area contributed by atoms with Gasteiger partial charge >= 0.3 is 0 Å². The molecule has 1 heterocycles. The van der Waals surface area contributed by atoms with Crippen LogP contribution in [0.25, 0.3) is 11.0 Å². The molecule has 0 aliphatic rings. The number of hydrogen-bond donors (Lipinski definition) is 0. The van der Waals surface area contributed by atoms with Gasteiger partial charge in [0.15, 0.2) is 21.2 Å². The third-order valence-electron chi connectivity index (χ3n) is 4.60. The normalized spacial score (nSPS) is 11.9. The van der Waals surface area contributed by atoms with E-state index >= 15 is 0 Å². The fourth-order valence-corrected chi connectivity index (χ4v) is 5.93. The summed E-state index contributed by atoms with van der Waals surface area (Å²) < 4.78 is 31.8. The largest absolute Gasteiger partial charge is 0.459 e. The van der Waals surface area contributed by atoms with Crippen molar-refractivity contribution in [2.24, 2.45) is 0 Å². The lowest BCUT2D eigenvalue weighted by molar-refractivity contribution is 0.101. The molecule has 0 saturated carbocycles. The summed E-state index contributed by atoms with van der Waals surface area (Å²) in [5.74, 6) is 0.131. The molecule has 1 aromatic heterocycles. The van der Waals surface area contributed by atoms with Gasteiger partial charge in [-0.3, -0.25) is 4.79 Å². The number of carbonyl (C=O) groups is 1. The highest BCUT2D eigenvalue weighted by Crippen LogP contribution is 2.34. The Kier molecular flexibility index (Phi) is 4.95. The first-order valence-electron chi connectivity index (χ1n) is 8.54. The van der Waals surface area contributed by atoms with Gasteiger partial charge in [-0.2, -0.15) is 0 Å². The van der Waals surface area contributed by atoms with Crippen molar-refractivity contribution in [3.63, 3.8) is 0 Å². The second-order valence-electron chi connectivity index (χ2n) is 7.03. The van der Waals surface area contributed by atoms with Crippen molar-refractivity contribution in [1.29, 1.82) is 0 Å². The summed E-state index contributed by atoms with van der Waals surface area (Å²) in [6.45, 7) is 8.69. The van der Waals surface area contributed by atoms with Crippen LogP contribution in [0.3, 0.4) is 0 Å². The topological polar surface area (TPSA) is 64.3 Å². The predicted octanol–water partition coefficient (Wildman–Crippen LogP) is 5.50. The molecule has 6 heteroatoms. The average molecular weight is 405 g/mol. The minimum absolute atomic E-state index is 0.146. The van der Waals surface area contributed by atoms with Crippen LogP contribution >= 0.6 is 11.6 Å². The highest BCUT2D eigenvalue weighted by molar-refractivity contribution is 7.90. The Balaban J connectivity index is 2.14. The first kappa shape index (κ1) is 19.6. The lowest BCUT2D eigenvalue weighted by Gasteiger charge is -2.12. The SMILES string of the molecule is CC(=O)c1c(C)oc2c(Cl)cc(CS(=O)(=O)c3c(C)cc(C)cc3C)cc12. The molecule has 2 aromatic carbocycles. The number of fused-ring (bicyclic) bond motifs is 1. The minimum atomic E-state index is -3.58. The van der Waals surface area contributed by atoms with Gasteiger partial charge in [0, 0.05) is 5.39 Å². The highest BCUT2D eigenvalue weighted by atomic mass is 35.5. The zero-order chi connectivity index (χ0) is 20.1. The van der Waals surface area contributed by atoms with Crippen LogP contribution in [-0.2, 0) is 15.6 Å². The summed E-state index contributed by atoms with van der Waals surface area (Å²) in [4.78, 5) is 12.3. The predicted molar refractivity (Wildman–Crippen MR) is 108 cm³/mol. The maximum Gasteiger partial charge on any atom is 0.183 e. The van der Waals surface area contributed by atoms with Crippen LogP contribution in [0.15, 0.2) is 33.6 Å². The summed E-state index contributed by atoms with van der Waals surface area (Å²) in [6.07, 6.45) is 0. The number of benzene rings is 2. The van der Waals surface area contributed by atoms with Gasteiger partial charge in [-0.15, -0.1) is 0 Å². The van der Waals surface area contributed by atoms with E-state index < -0.39 is 9.84 Å². The van der Waals surface area contributed by atoms with Crippen LogP contribution in [0.1, 0.15) is 45.3 Å². The molecule has 3 rings (SSSR count). The van der Waals surface area contributed by atoms with Crippen molar-refractivity contribution in [2.75, 3.05) is 0 Å². The monoisotopic (exact) mass is 404 g/mol. The molecule has 0 bridgehead atoms. The van der Waals surface area contributed by atoms with Crippen LogP contribution in [0.4, 0.5) is 0 Å². The number of sulfone groups is 1. The van der Waals surface area contributed by atoms with E-state index in [-0.39, 0.29) is 11.5 Å². The summed E-state index contributed by atoms with van der Waals surface area (Å²) in [5, 5.41) is 0.848. The second kappa shape index (κ2) is 6.80. The van der Waals surface area contributed by atoms with E-state index in [1.54, 1.807) is 32.9 Å². The van der Waals surface area contributed by atoms with Gasteiger partial charge in [-0.05, 0) is 63.4 Å². The Bertz CT molecular complexity index is 1160. The lowest BCUT2D eigenvalue weighted by Crippen LogP contribution is -2.09. The molecule has 3 aromatic rings. The number of carbonyl (C=O) groups excluding carboxylic acids is 1. The van der Waals surface area contributed by atoms with Crippen molar-refractivity contribution < 1.29 is 17.6 Å². The van der Waals surface area contributed by atoms with Crippen molar-refractivity contribution >= 4 is 38.2 Å². The van der Waals surface area contributed by atoms with E-state index in [9.17, 15) is 13.2 Å². The van der Waals surface area contributed by atoms with E-state index in [0.717, 1.165) is 16.7 Å². The lowest BCUT2D eigenvalue weighted by atomic mass is 10.1. The Morgan fingerprint density at radius 2 is 1.63 bits per heavy atom. The van der Waals surface area contributed by atoms with E-state index in [1.807, 2.05) is 19.1 Å². The molecule has 0 aliphatic carbocycles. The summed E-state index contributed by atoms with van der Waals surface area (Å²) in [6, 6.07) is 7.00. The second-order valence-corrected chi connectivity index (χ2v) is 9.36. The molecule has 27 heavy (non-hydrogen) atoms. The van der Waals surface area contributed by atoms with Crippen LogP contribution in [-0.4, -0.2) is 14.2 Å². The van der Waals surface area contributed by atoms with Crippen molar-refractivity contribution in [1.82, 2.24) is 0 Å². The Morgan fingerprint density at radius 1 is 1.04 bits per heavy atom. The van der Waals surface area contributed by atoms with Crippen LogP contribution in [0.2, 0.25) is 5.02 Å². The number of Topliss-reactive ketones (excluding diaryl/α,β-unsaturated/α-hetero) is 1. The van der Waals surface area contributed by atoms with Crippen LogP contribution in [0, 0.1) is 27.7 Å². The Hall–Kier alpha value is -2.11. The summed E-state index contributed by atoms with van der Waals surface area (Å²) in [5.41, 5.74) is 3.84. The van der Waals surface area contributed by atoms with Gasteiger partial charge in [-0.25, -0.2) is 8.42 Å². The maximum atomic E-state index is 13.1. The first-order valence-corrected chi connectivity index (χ1v) is 10.6. The Morgan fingerprint density at radius 3 is 2.19 bits per heavy atom. The van der Waals surface area contributed by atoms with E-state index in [1.165, 1.54) is 6.92 Å². The fraction of sp³-hybridized carbons (Fsp3) is 0.286. The summed E-state index contributed by atoms with van der Waals surface area (Å²) >= 11 is 6.31. The smallest absolute Gasteiger partial charge is 0.183 e. The average Bonchev–Trinajstić information content (AvgIpc) is 2.81. The molecule has 0 N–H and O–H groups in total. The number of halogens is 1. The molecule has 142 valence electrons. The van der Waals surface area contributed by atoms with Gasteiger partial charge in [0.05, 0.1) is 21.2 Å². The Labute approximate surface area is 164 Å². The van der Waals surface area contributed by atoms with Crippen molar-refractivity contribution in [3.8, 4) is 0 Å². The molecule has 0 amide bonds. The molecule has 0 unspecified atom stereocenters. The minimum Gasteiger partial charge on any atom is -0.459 e. The molecule has 0 radical (unpaired) electrons. The third-order valence-corrected chi connectivity index (χ3v) is 6.86. The fourth-order valence-electron chi connectivity index (χ4n) is 3.80. The zero-order valence-corrected chi connectivity index (χ0v) is 17.5. The third kappa shape index (κ3) is 3.54. The number of rotatable bonds is 4. The van der Waals surface area contributed by atoms with Crippen molar-refractivity contribution in [3.05, 3.63) is 62.9 Å². The highest BCUT2D eigenvalue weighted by Gasteiger charge is 2.23. The number of hydrogen-bond acceptors (Lipinski definition) is 4. The van der Waals surface area contributed by atoms with E-state index in [2.05, 4.69) is 0 Å². The van der Waals surface area contributed by atoms with Crippen molar-refractivity contribution in [2.45, 2.75) is 45.3 Å². The molecular weight excluding hydrogens is 384 g/mol. The first-order chi connectivity index (χ1) is 12.5. The van der Waals surface area contributed by atoms with Gasteiger partial charge in [-0.1, -0.05) is 29.3 Å². The standard InChI is InChI=1S/C21H21ClO4S/c1-11-6-12(2)21(13(3)7-11)27(24,25)10-16-8-17-19(14(4)23)15(5)26-20(17)18(22)9-16/h6-9H,10H2,1-5H3. The van der Waals surface area contributed by atoms with Gasteiger partial charge in [0.2, 0.25) is 0 Å². The van der Waals surface area contributed by atoms with E-state index in [0.29, 0.717) is 37.8 Å². The van der Waals surface area contributed by atoms with Gasteiger partial charge < -0.3 is 4.42 Å². The van der Waals surface area contributed by atoms with Crippen LogP contribution in [0.5, 0.6) is 0 Å². The molecule has 0 fully saturated rings. The van der Waals surface area contributed by atoms with Crippen LogP contribution < -0.4 is 0 Å².